The van der Waals surface area contributed by atoms with Gasteiger partial charge in [0.2, 0.25) is 0 Å². The molecule has 6 heteroatoms. The number of benzene rings is 1. The molecule has 0 aromatic heterocycles. The Bertz CT molecular complexity index is 622. The molecule has 1 aromatic rings. The Labute approximate surface area is 116 Å². The maximum Gasteiger partial charge on any atom is 0.348 e. The fourth-order valence-corrected chi connectivity index (χ4v) is 2.09. The number of hydrazone groups is 2. The van der Waals surface area contributed by atoms with E-state index in [1.54, 1.807) is 45.0 Å². The molecule has 0 spiro atoms. The first-order valence-electron chi connectivity index (χ1n) is 6.15. The second kappa shape index (κ2) is 4.63. The minimum Gasteiger partial charge on any atom is -0.561 e. The first kappa shape index (κ1) is 14.0. The summed E-state index contributed by atoms with van der Waals surface area (Å²) in [6, 6.07) is 6.42. The predicted octanol–water partition coefficient (Wildman–Crippen LogP) is 1.49. The van der Waals surface area contributed by atoms with E-state index < -0.39 is 11.2 Å². The van der Waals surface area contributed by atoms with Gasteiger partial charge in [0.05, 0.1) is 27.8 Å². The molecule has 2 rings (SSSR count). The van der Waals surface area contributed by atoms with E-state index >= 15 is 0 Å². The summed E-state index contributed by atoms with van der Waals surface area (Å²) in [4.78, 5) is 12.6. The average molecular weight is 276 g/mol. The van der Waals surface area contributed by atoms with Crippen molar-refractivity contribution in [3.63, 3.8) is 0 Å². The summed E-state index contributed by atoms with van der Waals surface area (Å²) in [5.74, 6) is 0.0731. The van der Waals surface area contributed by atoms with Crippen LogP contribution in [0.3, 0.4) is 0 Å². The van der Waals surface area contributed by atoms with E-state index in [0.29, 0.717) is 11.3 Å². The second-order valence-corrected chi connectivity index (χ2v) is 5.55. The quantitative estimate of drug-likeness (QED) is 0.605. The fourth-order valence-electron chi connectivity index (χ4n) is 2.09. The van der Waals surface area contributed by atoms with Crippen LogP contribution in [0, 0.1) is 15.8 Å². The normalized spacial score (nSPS) is 16.1. The largest absolute Gasteiger partial charge is 0.561 e. The Morgan fingerprint density at radius 3 is 2.00 bits per heavy atom. The van der Waals surface area contributed by atoms with Gasteiger partial charge >= 0.3 is 17.2 Å². The van der Waals surface area contributed by atoms with Crippen LogP contribution in [0.5, 0.6) is 5.75 Å². The first-order valence-corrected chi connectivity index (χ1v) is 6.15. The highest BCUT2D eigenvalue weighted by Crippen LogP contribution is 2.22. The van der Waals surface area contributed by atoms with E-state index in [2.05, 4.69) is 0 Å². The fraction of sp³-hybridized carbons (Fsp3) is 0.357. The van der Waals surface area contributed by atoms with Crippen molar-refractivity contribution in [2.24, 2.45) is 5.41 Å². The number of Topliss-reactive ketones (excluding diaryl/α,β-unsaturated/α-hetero) is 1. The van der Waals surface area contributed by atoms with Gasteiger partial charge in [0.1, 0.15) is 5.75 Å². The molecular formula is C14H16N2O4. The summed E-state index contributed by atoms with van der Waals surface area (Å²) < 4.78 is 5.02. The molecule has 0 N–H and O–H groups in total. The zero-order valence-electron chi connectivity index (χ0n) is 11.8. The van der Waals surface area contributed by atoms with Gasteiger partial charge in [0.25, 0.3) is 0 Å². The van der Waals surface area contributed by atoms with Crippen molar-refractivity contribution in [2.75, 3.05) is 7.11 Å². The summed E-state index contributed by atoms with van der Waals surface area (Å²) in [5, 5.41) is 23.8. The standard InChI is InChI=1S/C14H16N2O4/c1-14(2,3)13-12(17)11(15(18)16(13)19)9-5-7-10(20-4)8-6-9/h5-8H,1-4H3. The lowest BCUT2D eigenvalue weighted by atomic mass is 9.85. The van der Waals surface area contributed by atoms with Gasteiger partial charge in [-0.25, -0.2) is 0 Å². The van der Waals surface area contributed by atoms with E-state index in [1.165, 1.54) is 7.11 Å². The molecule has 0 bridgehead atoms. The smallest absolute Gasteiger partial charge is 0.348 e. The summed E-state index contributed by atoms with van der Waals surface area (Å²) in [7, 11) is 1.52. The van der Waals surface area contributed by atoms with E-state index in [1.807, 2.05) is 0 Å². The van der Waals surface area contributed by atoms with E-state index in [9.17, 15) is 15.2 Å². The molecule has 106 valence electrons. The zero-order chi connectivity index (χ0) is 15.1. The Morgan fingerprint density at radius 2 is 1.60 bits per heavy atom. The zero-order valence-corrected chi connectivity index (χ0v) is 11.8. The van der Waals surface area contributed by atoms with Gasteiger partial charge in [-0.15, -0.1) is 0 Å². The lowest BCUT2D eigenvalue weighted by Crippen LogP contribution is -2.34. The van der Waals surface area contributed by atoms with Crippen molar-refractivity contribution < 1.29 is 19.2 Å². The molecule has 0 unspecified atom stereocenters. The average Bonchev–Trinajstić information content (AvgIpc) is 2.60. The number of carbonyl (C=O) groups excluding carboxylic acids is 1. The van der Waals surface area contributed by atoms with Crippen LogP contribution in [0.25, 0.3) is 0 Å². The van der Waals surface area contributed by atoms with Gasteiger partial charge in [-0.3, -0.25) is 4.79 Å². The number of hydrogen-bond acceptors (Lipinski definition) is 4. The number of methoxy groups -OCH3 is 1. The molecule has 0 saturated heterocycles. The van der Waals surface area contributed by atoms with E-state index in [-0.39, 0.29) is 21.1 Å². The van der Waals surface area contributed by atoms with Crippen molar-refractivity contribution >= 4 is 17.2 Å². The Hall–Kier alpha value is -2.37. The number of hydrogen-bond donors (Lipinski definition) is 0. The van der Waals surface area contributed by atoms with E-state index in [4.69, 9.17) is 4.74 Å². The molecule has 0 radical (unpaired) electrons. The van der Waals surface area contributed by atoms with Crippen molar-refractivity contribution in [2.45, 2.75) is 20.8 Å². The van der Waals surface area contributed by atoms with Crippen LogP contribution in [0.2, 0.25) is 0 Å². The third kappa shape index (κ3) is 2.13. The van der Waals surface area contributed by atoms with Crippen molar-refractivity contribution in [3.05, 3.63) is 40.2 Å². The molecule has 0 saturated carbocycles. The van der Waals surface area contributed by atoms with Crippen LogP contribution in [-0.4, -0.2) is 34.0 Å². The number of nitrogens with zero attached hydrogens (tertiary/aromatic N) is 2. The SMILES string of the molecule is COc1ccc(C2=[N+]([O-])[N+]([O-])=C(C(C)(C)C)C2=O)cc1. The van der Waals surface area contributed by atoms with Gasteiger partial charge in [-0.2, -0.15) is 0 Å². The van der Waals surface area contributed by atoms with Crippen molar-refractivity contribution in [3.8, 4) is 5.75 Å². The van der Waals surface area contributed by atoms with E-state index in [0.717, 1.165) is 0 Å². The predicted molar refractivity (Wildman–Crippen MR) is 73.8 cm³/mol. The number of carbonyl (C=O) groups is 1. The lowest BCUT2D eigenvalue weighted by Gasteiger charge is -2.11. The van der Waals surface area contributed by atoms with Crippen LogP contribution < -0.4 is 4.74 Å². The highest BCUT2D eigenvalue weighted by Gasteiger charge is 2.50. The topological polar surface area (TPSA) is 78.4 Å². The molecular weight excluding hydrogens is 260 g/mol. The molecule has 20 heavy (non-hydrogen) atoms. The number of ketones is 1. The van der Waals surface area contributed by atoms with Crippen LogP contribution in [0.15, 0.2) is 24.3 Å². The molecule has 0 atom stereocenters. The summed E-state index contributed by atoms with van der Waals surface area (Å²) in [5.41, 5.74) is -0.521. The molecule has 0 aliphatic carbocycles. The molecule has 0 amide bonds. The van der Waals surface area contributed by atoms with Crippen molar-refractivity contribution in [1.29, 1.82) is 0 Å². The minimum absolute atomic E-state index is 0.0571. The first-order chi connectivity index (χ1) is 9.27. The van der Waals surface area contributed by atoms with Gasteiger partial charge < -0.3 is 15.2 Å². The molecule has 1 heterocycles. The third-order valence-electron chi connectivity index (χ3n) is 3.05. The Kier molecular flexibility index (Phi) is 3.25. The maximum atomic E-state index is 12.3. The second-order valence-electron chi connectivity index (χ2n) is 5.55. The molecule has 6 nitrogen and oxygen atoms in total. The highest BCUT2D eigenvalue weighted by molar-refractivity contribution is 6.68. The van der Waals surface area contributed by atoms with Crippen LogP contribution >= 0.6 is 0 Å². The lowest BCUT2D eigenvalue weighted by molar-refractivity contribution is -1.05. The van der Waals surface area contributed by atoms with Gasteiger partial charge in [-0.1, -0.05) is 0 Å². The molecule has 0 fully saturated rings. The van der Waals surface area contributed by atoms with Crippen LogP contribution in [0.4, 0.5) is 0 Å². The Balaban J connectivity index is 2.48. The minimum atomic E-state index is -0.699. The summed E-state index contributed by atoms with van der Waals surface area (Å²) in [6.07, 6.45) is 0. The number of hydrazine groups is 1. The number of rotatable bonds is 2. The van der Waals surface area contributed by atoms with Crippen LogP contribution in [0.1, 0.15) is 26.3 Å². The van der Waals surface area contributed by atoms with Crippen molar-refractivity contribution in [1.82, 2.24) is 0 Å². The molecule has 1 aliphatic rings. The summed E-state index contributed by atoms with van der Waals surface area (Å²) in [6.45, 7) is 5.15. The summed E-state index contributed by atoms with van der Waals surface area (Å²) >= 11 is 0. The van der Waals surface area contributed by atoms with Gasteiger partial charge in [0, 0.05) is 0 Å². The maximum absolute atomic E-state index is 12.3. The third-order valence-corrected chi connectivity index (χ3v) is 3.05. The Morgan fingerprint density at radius 1 is 1.05 bits per heavy atom. The highest BCUT2D eigenvalue weighted by atomic mass is 16.7. The monoisotopic (exact) mass is 276 g/mol. The molecule has 1 aliphatic heterocycles. The van der Waals surface area contributed by atoms with Gasteiger partial charge in [-0.05, 0) is 45.0 Å². The molecule has 1 aromatic carbocycles. The van der Waals surface area contributed by atoms with Gasteiger partial charge in [0.15, 0.2) is 0 Å². The number of ether oxygens (including phenoxy) is 1. The van der Waals surface area contributed by atoms with Crippen LogP contribution in [-0.2, 0) is 4.79 Å².